The van der Waals surface area contributed by atoms with Crippen LogP contribution in [0.4, 0.5) is 0 Å². The van der Waals surface area contributed by atoms with E-state index in [1.807, 2.05) is 42.5 Å². The molecule has 0 aliphatic carbocycles. The summed E-state index contributed by atoms with van der Waals surface area (Å²) in [6.07, 6.45) is 0. The molecule has 0 N–H and O–H groups in total. The Labute approximate surface area is 162 Å². The lowest BCUT2D eigenvalue weighted by Crippen LogP contribution is -2.07. The van der Waals surface area contributed by atoms with Gasteiger partial charge in [0.2, 0.25) is 4.96 Å². The number of fused-ring (bicyclic) bond motifs is 2. The van der Waals surface area contributed by atoms with Crippen LogP contribution in [0.25, 0.3) is 16.0 Å². The quantitative estimate of drug-likeness (QED) is 0.453. The van der Waals surface area contributed by atoms with Gasteiger partial charge in [-0.1, -0.05) is 52.4 Å². The molecule has 0 atom stereocenters. The minimum Gasteiger partial charge on any atom is -0.485 e. The van der Waals surface area contributed by atoms with Gasteiger partial charge in [-0.15, -0.1) is 15.3 Å². The fourth-order valence-electron chi connectivity index (χ4n) is 2.72. The van der Waals surface area contributed by atoms with E-state index in [0.717, 1.165) is 16.0 Å². The smallest absolute Gasteiger partial charge is 0.234 e. The molecule has 134 valence electrons. The van der Waals surface area contributed by atoms with Gasteiger partial charge in [0.1, 0.15) is 24.4 Å². The third-order valence-electron chi connectivity index (χ3n) is 4.00. The highest BCUT2D eigenvalue weighted by atomic mass is 35.5. The van der Waals surface area contributed by atoms with Crippen molar-refractivity contribution in [2.75, 3.05) is 0 Å². The van der Waals surface area contributed by atoms with Gasteiger partial charge in [0.05, 0.1) is 10.5 Å². The van der Waals surface area contributed by atoms with Gasteiger partial charge in [0, 0.05) is 0 Å². The van der Waals surface area contributed by atoms with E-state index in [1.165, 1.54) is 11.3 Å². The number of aromatic nitrogens is 7. The highest BCUT2D eigenvalue weighted by Gasteiger charge is 2.14. The van der Waals surface area contributed by atoms with Gasteiger partial charge in [-0.2, -0.15) is 9.61 Å². The molecular weight excluding hydrogens is 386 g/mol. The minimum absolute atomic E-state index is 0.309. The molecule has 3 heterocycles. The molecular formula is C17H12ClN7OS. The van der Waals surface area contributed by atoms with Gasteiger partial charge in [0.15, 0.2) is 10.8 Å². The van der Waals surface area contributed by atoms with Gasteiger partial charge < -0.3 is 4.74 Å². The van der Waals surface area contributed by atoms with Gasteiger partial charge in [-0.3, -0.25) is 0 Å². The van der Waals surface area contributed by atoms with Gasteiger partial charge in [-0.25, -0.2) is 4.68 Å². The van der Waals surface area contributed by atoms with Crippen LogP contribution in [0.5, 0.6) is 5.75 Å². The third-order valence-corrected chi connectivity index (χ3v) is 5.18. The molecule has 0 fully saturated rings. The molecule has 0 aliphatic heterocycles. The lowest BCUT2D eigenvalue weighted by atomic mass is 10.3. The van der Waals surface area contributed by atoms with Crippen molar-refractivity contribution in [3.8, 4) is 5.75 Å². The van der Waals surface area contributed by atoms with Gasteiger partial charge in [0.25, 0.3) is 0 Å². The Bertz CT molecular complexity index is 1240. The molecule has 0 bridgehead atoms. The Morgan fingerprint density at radius 2 is 1.85 bits per heavy atom. The topological polar surface area (TPSA) is 83.0 Å². The predicted octanol–water partition coefficient (Wildman–Crippen LogP) is 3.21. The van der Waals surface area contributed by atoms with Crippen LogP contribution in [0.15, 0.2) is 48.5 Å². The first-order chi connectivity index (χ1) is 13.3. The summed E-state index contributed by atoms with van der Waals surface area (Å²) < 4.78 is 9.25. The lowest BCUT2D eigenvalue weighted by molar-refractivity contribution is 0.304. The molecule has 0 unspecified atom stereocenters. The molecule has 27 heavy (non-hydrogen) atoms. The molecule has 0 saturated heterocycles. The molecule has 0 amide bonds. The van der Waals surface area contributed by atoms with Crippen molar-refractivity contribution in [2.24, 2.45) is 0 Å². The summed E-state index contributed by atoms with van der Waals surface area (Å²) in [6, 6.07) is 15.1. The van der Waals surface area contributed by atoms with Crippen LogP contribution in [0.2, 0.25) is 5.02 Å². The van der Waals surface area contributed by atoms with Crippen molar-refractivity contribution >= 4 is 38.9 Å². The molecule has 3 aromatic heterocycles. The Morgan fingerprint density at radius 1 is 1.00 bits per heavy atom. The van der Waals surface area contributed by atoms with Crippen LogP contribution < -0.4 is 4.74 Å². The zero-order valence-corrected chi connectivity index (χ0v) is 15.4. The Balaban J connectivity index is 1.39. The lowest BCUT2D eigenvalue weighted by Gasteiger charge is -2.04. The van der Waals surface area contributed by atoms with E-state index >= 15 is 0 Å². The SMILES string of the molecule is Clc1ccccc1OCc1nn2c(Cn3nnc4ccccc43)nnc2s1. The van der Waals surface area contributed by atoms with E-state index in [9.17, 15) is 0 Å². The highest BCUT2D eigenvalue weighted by molar-refractivity contribution is 7.16. The highest BCUT2D eigenvalue weighted by Crippen LogP contribution is 2.25. The number of benzene rings is 2. The monoisotopic (exact) mass is 397 g/mol. The van der Waals surface area contributed by atoms with Crippen LogP contribution in [-0.2, 0) is 13.2 Å². The summed E-state index contributed by atoms with van der Waals surface area (Å²) in [5.74, 6) is 1.31. The molecule has 0 spiro atoms. The maximum Gasteiger partial charge on any atom is 0.234 e. The fraction of sp³-hybridized carbons (Fsp3) is 0.118. The van der Waals surface area contributed by atoms with Gasteiger partial charge in [-0.05, 0) is 24.3 Å². The van der Waals surface area contributed by atoms with E-state index < -0.39 is 0 Å². The number of halogens is 1. The van der Waals surface area contributed by atoms with Crippen molar-refractivity contribution in [1.29, 1.82) is 0 Å². The maximum atomic E-state index is 6.12. The normalized spacial score (nSPS) is 11.4. The number of ether oxygens (including phenoxy) is 1. The maximum absolute atomic E-state index is 6.12. The molecule has 0 aliphatic rings. The van der Waals surface area contributed by atoms with E-state index in [0.29, 0.717) is 34.7 Å². The van der Waals surface area contributed by atoms with Gasteiger partial charge >= 0.3 is 0 Å². The first kappa shape index (κ1) is 16.2. The number of hydrogen-bond donors (Lipinski definition) is 0. The van der Waals surface area contributed by atoms with E-state index in [-0.39, 0.29) is 0 Å². The number of hydrogen-bond acceptors (Lipinski definition) is 7. The van der Waals surface area contributed by atoms with Crippen LogP contribution in [0.1, 0.15) is 10.8 Å². The largest absolute Gasteiger partial charge is 0.485 e. The predicted molar refractivity (Wildman–Crippen MR) is 101 cm³/mol. The number of para-hydroxylation sites is 2. The molecule has 0 radical (unpaired) electrons. The van der Waals surface area contributed by atoms with E-state index in [1.54, 1.807) is 15.3 Å². The van der Waals surface area contributed by atoms with E-state index in [2.05, 4.69) is 25.6 Å². The standard InChI is InChI=1S/C17H12ClN7OS/c18-11-5-1-4-8-14(11)26-10-16-22-25-15(20-21-17(25)27-16)9-24-13-7-3-2-6-12(13)19-23-24/h1-8H,9-10H2. The van der Waals surface area contributed by atoms with Crippen molar-refractivity contribution in [1.82, 2.24) is 34.8 Å². The van der Waals surface area contributed by atoms with Crippen LogP contribution >= 0.6 is 22.9 Å². The molecule has 8 nitrogen and oxygen atoms in total. The number of nitrogens with zero attached hydrogens (tertiary/aromatic N) is 7. The zero-order chi connectivity index (χ0) is 18.2. The minimum atomic E-state index is 0.309. The average Bonchev–Trinajstić information content (AvgIpc) is 3.37. The second kappa shape index (κ2) is 6.60. The molecule has 2 aromatic carbocycles. The fourth-order valence-corrected chi connectivity index (χ4v) is 3.68. The van der Waals surface area contributed by atoms with Crippen LogP contribution in [-0.4, -0.2) is 34.8 Å². The average molecular weight is 398 g/mol. The second-order valence-corrected chi connectivity index (χ2v) is 7.21. The van der Waals surface area contributed by atoms with Crippen LogP contribution in [0, 0.1) is 0 Å². The molecule has 5 aromatic rings. The zero-order valence-electron chi connectivity index (χ0n) is 13.9. The summed E-state index contributed by atoms with van der Waals surface area (Å²) in [4.78, 5) is 0.701. The Morgan fingerprint density at radius 3 is 2.78 bits per heavy atom. The molecule has 0 saturated carbocycles. The van der Waals surface area contributed by atoms with Crippen molar-refractivity contribution < 1.29 is 4.74 Å². The summed E-state index contributed by atoms with van der Waals surface area (Å²) in [7, 11) is 0. The van der Waals surface area contributed by atoms with Crippen molar-refractivity contribution in [3.63, 3.8) is 0 Å². The van der Waals surface area contributed by atoms with Crippen molar-refractivity contribution in [2.45, 2.75) is 13.2 Å². The number of rotatable bonds is 5. The molecule has 5 rings (SSSR count). The summed E-state index contributed by atoms with van der Waals surface area (Å²) in [5.41, 5.74) is 1.78. The summed E-state index contributed by atoms with van der Waals surface area (Å²) in [6.45, 7) is 0.736. The third kappa shape index (κ3) is 3.00. The second-order valence-electron chi connectivity index (χ2n) is 5.76. The summed E-state index contributed by atoms with van der Waals surface area (Å²) >= 11 is 7.54. The first-order valence-electron chi connectivity index (χ1n) is 8.13. The Hall–Kier alpha value is -3.04. The van der Waals surface area contributed by atoms with E-state index in [4.69, 9.17) is 16.3 Å². The van der Waals surface area contributed by atoms with Crippen LogP contribution in [0.3, 0.4) is 0 Å². The van der Waals surface area contributed by atoms with Crippen molar-refractivity contribution in [3.05, 3.63) is 64.4 Å². The Kier molecular flexibility index (Phi) is 3.95. The molecule has 10 heteroatoms. The first-order valence-corrected chi connectivity index (χ1v) is 9.33. The summed E-state index contributed by atoms with van der Waals surface area (Å²) in [5, 5.41) is 22.7.